The van der Waals surface area contributed by atoms with E-state index in [0.717, 1.165) is 12.3 Å². The van der Waals surface area contributed by atoms with Gasteiger partial charge in [-0.1, -0.05) is 28.9 Å². The van der Waals surface area contributed by atoms with Crippen molar-refractivity contribution in [3.05, 3.63) is 64.4 Å². The maximum Gasteiger partial charge on any atom is 0.434 e. The zero-order chi connectivity index (χ0) is 16.2. The van der Waals surface area contributed by atoms with Crippen LogP contribution in [0.3, 0.4) is 0 Å². The Balaban J connectivity index is 2.12. The first-order valence-electron chi connectivity index (χ1n) is 5.90. The van der Waals surface area contributed by atoms with Crippen LogP contribution in [0, 0.1) is 0 Å². The van der Waals surface area contributed by atoms with Crippen LogP contribution in [-0.4, -0.2) is 17.2 Å². The lowest BCUT2D eigenvalue weighted by molar-refractivity contribution is -0.141. The molecule has 0 aliphatic carbocycles. The molecule has 0 N–H and O–H groups in total. The molecule has 4 nitrogen and oxygen atoms in total. The second kappa shape index (κ2) is 6.57. The Labute approximate surface area is 128 Å². The third-order valence-corrected chi connectivity index (χ3v) is 2.76. The summed E-state index contributed by atoms with van der Waals surface area (Å²) in [4.78, 5) is 19.3. The highest BCUT2D eigenvalue weighted by atomic mass is 35.5. The molecule has 0 radical (unpaired) electrons. The van der Waals surface area contributed by atoms with E-state index in [4.69, 9.17) is 11.6 Å². The molecule has 114 valence electrons. The van der Waals surface area contributed by atoms with Gasteiger partial charge in [-0.2, -0.15) is 13.2 Å². The van der Waals surface area contributed by atoms with Gasteiger partial charge in [0.1, 0.15) is 0 Å². The average Bonchev–Trinajstić information content (AvgIpc) is 2.48. The van der Waals surface area contributed by atoms with Gasteiger partial charge < -0.3 is 4.84 Å². The lowest BCUT2D eigenvalue weighted by Gasteiger charge is -2.08. The number of oxime groups is 1. The number of nitrogens with zero attached hydrogens (tertiary/aromatic N) is 2. The SMILES string of the molecule is O=C(O/N=C/c1ccc(Cl)cc1)c1cccnc1C(F)(F)F. The van der Waals surface area contributed by atoms with Crippen molar-refractivity contribution in [1.29, 1.82) is 0 Å². The minimum atomic E-state index is -4.75. The lowest BCUT2D eigenvalue weighted by atomic mass is 10.2. The number of benzene rings is 1. The highest BCUT2D eigenvalue weighted by Gasteiger charge is 2.37. The molecule has 0 atom stereocenters. The number of halogens is 4. The van der Waals surface area contributed by atoms with Crippen molar-refractivity contribution in [2.45, 2.75) is 6.18 Å². The van der Waals surface area contributed by atoms with Crippen LogP contribution in [-0.2, 0) is 11.0 Å². The molecular formula is C14H8ClF3N2O2. The molecule has 2 aromatic rings. The minimum absolute atomic E-state index is 0.513. The number of carbonyl (C=O) groups excluding carboxylic acids is 1. The largest absolute Gasteiger partial charge is 0.434 e. The molecular weight excluding hydrogens is 321 g/mol. The van der Waals surface area contributed by atoms with Gasteiger partial charge in [0.25, 0.3) is 0 Å². The predicted molar refractivity (Wildman–Crippen MR) is 73.7 cm³/mol. The summed E-state index contributed by atoms with van der Waals surface area (Å²) in [6.07, 6.45) is -2.63. The van der Waals surface area contributed by atoms with Gasteiger partial charge in [0.15, 0.2) is 5.69 Å². The van der Waals surface area contributed by atoms with Crippen molar-refractivity contribution < 1.29 is 22.8 Å². The van der Waals surface area contributed by atoms with Gasteiger partial charge in [-0.3, -0.25) is 4.98 Å². The number of hydrogen-bond acceptors (Lipinski definition) is 4. The minimum Gasteiger partial charge on any atom is -0.313 e. The standard InChI is InChI=1S/C14H8ClF3N2O2/c15-10-5-3-9(4-6-10)8-20-22-13(21)11-2-1-7-19-12(11)14(16,17)18/h1-8H/b20-8+. The van der Waals surface area contributed by atoms with Gasteiger partial charge >= 0.3 is 12.1 Å². The monoisotopic (exact) mass is 328 g/mol. The molecule has 1 heterocycles. The van der Waals surface area contributed by atoms with Crippen LogP contribution < -0.4 is 0 Å². The first-order chi connectivity index (χ1) is 10.4. The Morgan fingerprint density at radius 2 is 1.91 bits per heavy atom. The van der Waals surface area contributed by atoms with Crippen LogP contribution in [0.15, 0.2) is 47.8 Å². The Kier molecular flexibility index (Phi) is 4.77. The molecule has 0 amide bonds. The van der Waals surface area contributed by atoms with E-state index in [-0.39, 0.29) is 0 Å². The average molecular weight is 329 g/mol. The quantitative estimate of drug-likeness (QED) is 0.487. The number of aromatic nitrogens is 1. The Hall–Kier alpha value is -2.41. The van der Waals surface area contributed by atoms with Crippen molar-refractivity contribution in [2.24, 2.45) is 5.16 Å². The summed E-state index contributed by atoms with van der Waals surface area (Å²) in [6, 6.07) is 8.56. The lowest BCUT2D eigenvalue weighted by Crippen LogP contribution is -2.15. The van der Waals surface area contributed by atoms with Crippen molar-refractivity contribution in [1.82, 2.24) is 4.98 Å². The Morgan fingerprint density at radius 3 is 2.55 bits per heavy atom. The topological polar surface area (TPSA) is 51.5 Å². The van der Waals surface area contributed by atoms with E-state index < -0.39 is 23.4 Å². The fourth-order valence-corrected chi connectivity index (χ4v) is 1.66. The van der Waals surface area contributed by atoms with Crippen molar-refractivity contribution >= 4 is 23.8 Å². The van der Waals surface area contributed by atoms with Gasteiger partial charge in [-0.15, -0.1) is 0 Å². The molecule has 1 aromatic heterocycles. The summed E-state index contributed by atoms with van der Waals surface area (Å²) < 4.78 is 38.1. The number of alkyl halides is 3. The molecule has 0 fully saturated rings. The summed E-state index contributed by atoms with van der Waals surface area (Å²) in [5.41, 5.74) is -1.45. The normalized spacial score (nSPS) is 11.6. The molecule has 0 unspecified atom stereocenters. The highest BCUT2D eigenvalue weighted by Crippen LogP contribution is 2.30. The Bertz CT molecular complexity index is 700. The molecule has 0 bridgehead atoms. The molecule has 0 aliphatic rings. The molecule has 22 heavy (non-hydrogen) atoms. The van der Waals surface area contributed by atoms with Gasteiger partial charge in [0.05, 0.1) is 11.8 Å². The van der Waals surface area contributed by atoms with E-state index in [2.05, 4.69) is 15.0 Å². The first kappa shape index (κ1) is 16.0. The summed E-state index contributed by atoms with van der Waals surface area (Å²) in [7, 11) is 0. The van der Waals surface area contributed by atoms with E-state index in [1.165, 1.54) is 12.3 Å². The van der Waals surface area contributed by atoms with Gasteiger partial charge in [0, 0.05) is 11.2 Å². The number of carbonyl (C=O) groups is 1. The molecule has 0 aliphatic heterocycles. The number of rotatable bonds is 3. The predicted octanol–water partition coefficient (Wildman–Crippen LogP) is 3.94. The van der Waals surface area contributed by atoms with Crippen LogP contribution in [0.4, 0.5) is 13.2 Å². The molecule has 2 rings (SSSR count). The molecule has 0 spiro atoms. The van der Waals surface area contributed by atoms with Crippen molar-refractivity contribution in [3.63, 3.8) is 0 Å². The van der Waals surface area contributed by atoms with Crippen LogP contribution in [0.2, 0.25) is 5.02 Å². The summed E-state index contributed by atoms with van der Waals surface area (Å²) in [6.45, 7) is 0. The van der Waals surface area contributed by atoms with Crippen molar-refractivity contribution in [2.75, 3.05) is 0 Å². The summed E-state index contributed by atoms with van der Waals surface area (Å²) >= 11 is 5.69. The zero-order valence-corrected chi connectivity index (χ0v) is 11.6. The third-order valence-electron chi connectivity index (χ3n) is 2.50. The van der Waals surface area contributed by atoms with E-state index in [1.807, 2.05) is 0 Å². The van der Waals surface area contributed by atoms with Crippen LogP contribution >= 0.6 is 11.6 Å². The van der Waals surface area contributed by atoms with Crippen LogP contribution in [0.25, 0.3) is 0 Å². The van der Waals surface area contributed by atoms with Gasteiger partial charge in [0.2, 0.25) is 0 Å². The van der Waals surface area contributed by atoms with Gasteiger partial charge in [-0.05, 0) is 29.8 Å². The second-order valence-electron chi connectivity index (χ2n) is 4.06. The fourth-order valence-electron chi connectivity index (χ4n) is 1.53. The number of hydrogen-bond donors (Lipinski definition) is 0. The smallest absolute Gasteiger partial charge is 0.313 e. The molecule has 0 saturated carbocycles. The van der Waals surface area contributed by atoms with E-state index in [1.54, 1.807) is 24.3 Å². The zero-order valence-electron chi connectivity index (χ0n) is 10.8. The maximum atomic E-state index is 12.7. The summed E-state index contributed by atoms with van der Waals surface area (Å²) in [5.74, 6) is -1.24. The highest BCUT2D eigenvalue weighted by molar-refractivity contribution is 6.30. The maximum absolute atomic E-state index is 12.7. The summed E-state index contributed by atoms with van der Waals surface area (Å²) in [5, 5.41) is 3.87. The molecule has 1 aromatic carbocycles. The van der Waals surface area contributed by atoms with E-state index >= 15 is 0 Å². The van der Waals surface area contributed by atoms with Crippen LogP contribution in [0.5, 0.6) is 0 Å². The van der Waals surface area contributed by atoms with Crippen molar-refractivity contribution in [3.8, 4) is 0 Å². The first-order valence-corrected chi connectivity index (χ1v) is 6.28. The Morgan fingerprint density at radius 1 is 1.23 bits per heavy atom. The van der Waals surface area contributed by atoms with Gasteiger partial charge in [-0.25, -0.2) is 4.79 Å². The number of pyridine rings is 1. The molecule has 0 saturated heterocycles. The van der Waals surface area contributed by atoms with E-state index in [9.17, 15) is 18.0 Å². The fraction of sp³-hybridized carbons (Fsp3) is 0.0714. The second-order valence-corrected chi connectivity index (χ2v) is 4.50. The molecule has 8 heteroatoms. The third kappa shape index (κ3) is 4.05. The van der Waals surface area contributed by atoms with E-state index in [0.29, 0.717) is 10.6 Å². The van der Waals surface area contributed by atoms with Crippen LogP contribution in [0.1, 0.15) is 21.6 Å².